The summed E-state index contributed by atoms with van der Waals surface area (Å²) in [5.41, 5.74) is 3.24. The molecule has 1 aliphatic heterocycles. The van der Waals surface area contributed by atoms with E-state index in [9.17, 15) is 14.4 Å². The Morgan fingerprint density at radius 3 is 2.49 bits per heavy atom. The molecule has 4 rings (SSSR count). The maximum absolute atomic E-state index is 12.7. The highest BCUT2D eigenvalue weighted by Gasteiger charge is 2.36. The molecule has 3 aromatic carbocycles. The number of carbonyl (C=O) groups is 3. The van der Waals surface area contributed by atoms with Crippen LogP contribution in [0, 0.1) is 12.8 Å². The van der Waals surface area contributed by atoms with Crippen molar-refractivity contribution in [1.29, 1.82) is 0 Å². The lowest BCUT2D eigenvalue weighted by Crippen LogP contribution is -2.28. The maximum atomic E-state index is 12.7. The molecule has 0 radical (unpaired) electrons. The summed E-state index contributed by atoms with van der Waals surface area (Å²) in [5.74, 6) is 0.153. The fourth-order valence-electron chi connectivity index (χ4n) is 4.36. The third-order valence-electron chi connectivity index (χ3n) is 6.41. The van der Waals surface area contributed by atoms with Crippen LogP contribution in [0.5, 0.6) is 17.2 Å². The summed E-state index contributed by atoms with van der Waals surface area (Å²) in [6.45, 7) is 5.91. The number of benzene rings is 3. The fraction of sp³-hybridized carbons (Fsp3) is 0.300. The van der Waals surface area contributed by atoms with Gasteiger partial charge in [0.1, 0.15) is 17.2 Å². The van der Waals surface area contributed by atoms with Crippen LogP contribution in [0.4, 0.5) is 11.4 Å². The van der Waals surface area contributed by atoms with Gasteiger partial charge < -0.3 is 24.4 Å². The zero-order valence-electron chi connectivity index (χ0n) is 22.3. The summed E-state index contributed by atoms with van der Waals surface area (Å²) in [6, 6.07) is 18.1. The molecule has 9 heteroatoms. The lowest BCUT2D eigenvalue weighted by atomic mass is 10.0. The first-order chi connectivity index (χ1) is 18.6. The number of halogens is 1. The van der Waals surface area contributed by atoms with Crippen LogP contribution in [0.25, 0.3) is 0 Å². The number of amides is 2. The Hall–Kier alpha value is -4.04. The average Bonchev–Trinajstić information content (AvgIpc) is 3.29. The first kappa shape index (κ1) is 28.0. The van der Waals surface area contributed by atoms with Gasteiger partial charge in [-0.3, -0.25) is 14.4 Å². The molecular formula is C30H31ClN2O6. The minimum Gasteiger partial charge on any atom is -0.495 e. The number of hydrogen-bond donors (Lipinski definition) is 1. The zero-order valence-corrected chi connectivity index (χ0v) is 23.1. The third-order valence-corrected chi connectivity index (χ3v) is 6.64. The van der Waals surface area contributed by atoms with Gasteiger partial charge >= 0.3 is 5.97 Å². The van der Waals surface area contributed by atoms with Gasteiger partial charge in [-0.1, -0.05) is 37.6 Å². The van der Waals surface area contributed by atoms with E-state index < -0.39 is 24.4 Å². The molecule has 2 amide bonds. The first-order valence-electron chi connectivity index (χ1n) is 12.6. The molecule has 0 aromatic heterocycles. The van der Waals surface area contributed by atoms with Crippen LogP contribution in [0.1, 0.15) is 37.3 Å². The zero-order chi connectivity index (χ0) is 28.1. The highest BCUT2D eigenvalue weighted by atomic mass is 35.5. The van der Waals surface area contributed by atoms with Gasteiger partial charge in [0.15, 0.2) is 6.61 Å². The molecule has 1 atom stereocenters. The van der Waals surface area contributed by atoms with E-state index in [1.54, 1.807) is 41.3 Å². The molecule has 204 valence electrons. The number of rotatable bonds is 9. The van der Waals surface area contributed by atoms with Gasteiger partial charge in [0.2, 0.25) is 5.91 Å². The molecule has 1 N–H and O–H groups in total. The predicted octanol–water partition coefficient (Wildman–Crippen LogP) is 6.11. The summed E-state index contributed by atoms with van der Waals surface area (Å²) < 4.78 is 16.5. The second-order valence-corrected chi connectivity index (χ2v) is 10.1. The van der Waals surface area contributed by atoms with Crippen LogP contribution in [0.15, 0.2) is 60.7 Å². The van der Waals surface area contributed by atoms with Gasteiger partial charge in [-0.15, -0.1) is 0 Å². The number of ether oxygens (including phenoxy) is 3. The van der Waals surface area contributed by atoms with Crippen molar-refractivity contribution < 1.29 is 28.6 Å². The average molecular weight is 551 g/mol. The molecule has 0 unspecified atom stereocenters. The normalized spacial score (nSPS) is 14.9. The van der Waals surface area contributed by atoms with Gasteiger partial charge in [-0.05, 0) is 72.5 Å². The van der Waals surface area contributed by atoms with Crippen LogP contribution in [-0.2, 0) is 19.1 Å². The van der Waals surface area contributed by atoms with E-state index in [1.807, 2.05) is 13.0 Å². The van der Waals surface area contributed by atoms with Crippen molar-refractivity contribution >= 4 is 40.8 Å². The Kier molecular flexibility index (Phi) is 8.76. The molecular weight excluding hydrogens is 520 g/mol. The van der Waals surface area contributed by atoms with Crippen LogP contribution in [-0.4, -0.2) is 38.0 Å². The SMILES string of the molecule is COc1ccc(Cl)cc1NC(=O)COC(=O)[C@@H]1CC(=O)N(c2ccc(Oc3cc(C)ccc3C(C)C)cc2)C1. The van der Waals surface area contributed by atoms with E-state index in [1.165, 1.54) is 13.2 Å². The van der Waals surface area contributed by atoms with E-state index in [0.717, 1.165) is 16.9 Å². The number of methoxy groups -OCH3 is 1. The van der Waals surface area contributed by atoms with Gasteiger partial charge in [0.25, 0.3) is 5.91 Å². The van der Waals surface area contributed by atoms with E-state index >= 15 is 0 Å². The Bertz CT molecular complexity index is 1370. The molecule has 0 spiro atoms. The number of anilines is 2. The van der Waals surface area contributed by atoms with Crippen molar-refractivity contribution in [3.8, 4) is 17.2 Å². The Morgan fingerprint density at radius 2 is 1.79 bits per heavy atom. The maximum Gasteiger partial charge on any atom is 0.311 e. The van der Waals surface area contributed by atoms with Crippen molar-refractivity contribution in [3.63, 3.8) is 0 Å². The van der Waals surface area contributed by atoms with Crippen LogP contribution in [0.2, 0.25) is 5.02 Å². The molecule has 1 heterocycles. The van der Waals surface area contributed by atoms with Gasteiger partial charge in [-0.25, -0.2) is 0 Å². The minimum absolute atomic E-state index is 0.00185. The van der Waals surface area contributed by atoms with Crippen LogP contribution in [0.3, 0.4) is 0 Å². The van der Waals surface area contributed by atoms with Crippen molar-refractivity contribution in [2.45, 2.75) is 33.1 Å². The van der Waals surface area contributed by atoms with Gasteiger partial charge in [-0.2, -0.15) is 0 Å². The second kappa shape index (κ2) is 12.2. The van der Waals surface area contributed by atoms with Crippen molar-refractivity contribution in [3.05, 3.63) is 76.8 Å². The summed E-state index contributed by atoms with van der Waals surface area (Å²) in [6.07, 6.45) is 0.00185. The highest BCUT2D eigenvalue weighted by Crippen LogP contribution is 2.33. The van der Waals surface area contributed by atoms with E-state index in [4.69, 9.17) is 25.8 Å². The molecule has 39 heavy (non-hydrogen) atoms. The first-order valence-corrected chi connectivity index (χ1v) is 13.0. The summed E-state index contributed by atoms with van der Waals surface area (Å²) >= 11 is 5.98. The topological polar surface area (TPSA) is 94.2 Å². The summed E-state index contributed by atoms with van der Waals surface area (Å²) in [5, 5.41) is 3.03. The standard InChI is InChI=1S/C30H31ClN2O6/c1-18(2)24-11-5-19(3)13-27(24)39-23-9-7-22(8-10-23)33-16-20(14-29(33)35)30(36)38-17-28(34)32-25-15-21(31)6-12-26(25)37-4/h5-13,15,18,20H,14,16-17H2,1-4H3,(H,32,34)/t20-/m1/s1. The molecule has 0 bridgehead atoms. The molecule has 0 aliphatic carbocycles. The number of nitrogens with one attached hydrogen (secondary N) is 1. The molecule has 8 nitrogen and oxygen atoms in total. The highest BCUT2D eigenvalue weighted by molar-refractivity contribution is 6.31. The minimum atomic E-state index is -0.678. The number of nitrogens with zero attached hydrogens (tertiary/aromatic N) is 1. The smallest absolute Gasteiger partial charge is 0.311 e. The molecule has 3 aromatic rings. The predicted molar refractivity (Wildman–Crippen MR) is 150 cm³/mol. The van der Waals surface area contributed by atoms with Crippen LogP contribution >= 0.6 is 11.6 Å². The van der Waals surface area contributed by atoms with E-state index in [-0.39, 0.29) is 18.9 Å². The summed E-state index contributed by atoms with van der Waals surface area (Å²) in [4.78, 5) is 39.2. The lowest BCUT2D eigenvalue weighted by Gasteiger charge is -2.18. The molecule has 1 aliphatic rings. The quantitative estimate of drug-likeness (QED) is 0.323. The number of esters is 1. The summed E-state index contributed by atoms with van der Waals surface area (Å²) in [7, 11) is 1.47. The molecule has 1 fully saturated rings. The third kappa shape index (κ3) is 6.89. The van der Waals surface area contributed by atoms with Crippen LogP contribution < -0.4 is 19.7 Å². The molecule has 0 saturated carbocycles. The number of hydrogen-bond acceptors (Lipinski definition) is 6. The van der Waals surface area contributed by atoms with Gasteiger partial charge in [0.05, 0.1) is 18.7 Å². The largest absolute Gasteiger partial charge is 0.495 e. The Labute approximate surface area is 232 Å². The second-order valence-electron chi connectivity index (χ2n) is 9.70. The van der Waals surface area contributed by atoms with Crippen molar-refractivity contribution in [1.82, 2.24) is 0 Å². The Morgan fingerprint density at radius 1 is 1.05 bits per heavy atom. The fourth-order valence-corrected chi connectivity index (χ4v) is 4.53. The van der Waals surface area contributed by atoms with Crippen molar-refractivity contribution in [2.24, 2.45) is 5.92 Å². The van der Waals surface area contributed by atoms with E-state index in [0.29, 0.717) is 33.8 Å². The Balaban J connectivity index is 1.33. The number of aryl methyl sites for hydroxylation is 1. The monoisotopic (exact) mass is 550 g/mol. The lowest BCUT2D eigenvalue weighted by molar-refractivity contribution is -0.151. The number of carbonyl (C=O) groups excluding carboxylic acids is 3. The van der Waals surface area contributed by atoms with Gasteiger partial charge in [0, 0.05) is 23.7 Å². The molecule has 1 saturated heterocycles. The van der Waals surface area contributed by atoms with E-state index in [2.05, 4.69) is 31.3 Å². The van der Waals surface area contributed by atoms with Crippen molar-refractivity contribution in [2.75, 3.05) is 30.5 Å².